The second kappa shape index (κ2) is 2.31. The molecule has 1 aliphatic heterocycles. The molecule has 1 atom stereocenters. The molecule has 0 aromatic rings. The average molecular weight is 150 g/mol. The Morgan fingerprint density at radius 1 is 1.60 bits per heavy atom. The molecule has 52 valence electrons. The lowest BCUT2D eigenvalue weighted by molar-refractivity contribution is 0.809. The van der Waals surface area contributed by atoms with Crippen LogP contribution in [0.5, 0.6) is 0 Å². The molecule has 0 bridgehead atoms. The summed E-state index contributed by atoms with van der Waals surface area (Å²) < 4.78 is 0. The van der Waals surface area contributed by atoms with E-state index in [1.165, 1.54) is 16.9 Å². The minimum atomic E-state index is 0.716. The summed E-state index contributed by atoms with van der Waals surface area (Å²) in [4.78, 5) is 1.53. The maximum Gasteiger partial charge on any atom is 0.0124 e. The van der Waals surface area contributed by atoms with Gasteiger partial charge in [0.2, 0.25) is 0 Å². The Bertz CT molecular complexity index is 233. The van der Waals surface area contributed by atoms with Crippen molar-refractivity contribution in [2.75, 3.05) is 0 Å². The smallest absolute Gasteiger partial charge is 0.0124 e. The quantitative estimate of drug-likeness (QED) is 0.511. The molecule has 0 N–H and O–H groups in total. The minimum absolute atomic E-state index is 0.716. The van der Waals surface area contributed by atoms with Gasteiger partial charge in [-0.1, -0.05) is 17.7 Å². The molecule has 0 amide bonds. The largest absolute Gasteiger partial charge is 0.102 e. The fourth-order valence-corrected chi connectivity index (χ4v) is 2.36. The van der Waals surface area contributed by atoms with Crippen LogP contribution in [-0.4, -0.2) is 0 Å². The van der Waals surface area contributed by atoms with E-state index in [2.05, 4.69) is 30.6 Å². The first kappa shape index (κ1) is 6.29. The molecule has 1 heterocycles. The number of hydrogen-bond donors (Lipinski definition) is 0. The molecule has 2 aliphatic rings. The van der Waals surface area contributed by atoms with Crippen LogP contribution in [0.25, 0.3) is 0 Å². The highest BCUT2D eigenvalue weighted by Gasteiger charge is 2.17. The molecule has 0 fully saturated rings. The zero-order valence-corrected chi connectivity index (χ0v) is 6.82. The standard InChI is InChI=1S/C9H10S/c1-7-2-3-8-4-5-10-9(8)6-7/h2,4-6,8H,3H2,1H3. The fraction of sp³-hybridized carbons (Fsp3) is 0.333. The second-order valence-electron chi connectivity index (χ2n) is 2.78. The SMILES string of the molecule is CC1=CCC2C=CSC2=C1. The Labute approximate surface area is 65.7 Å². The molecular formula is C9H10S. The highest BCUT2D eigenvalue weighted by molar-refractivity contribution is 8.06. The van der Waals surface area contributed by atoms with E-state index in [1.54, 1.807) is 0 Å². The van der Waals surface area contributed by atoms with E-state index in [0.29, 0.717) is 5.92 Å². The molecule has 0 aromatic heterocycles. The Morgan fingerprint density at radius 2 is 2.50 bits per heavy atom. The van der Waals surface area contributed by atoms with Gasteiger partial charge < -0.3 is 0 Å². The van der Waals surface area contributed by atoms with Crippen LogP contribution in [0.4, 0.5) is 0 Å². The van der Waals surface area contributed by atoms with E-state index in [9.17, 15) is 0 Å². The van der Waals surface area contributed by atoms with Gasteiger partial charge in [0.1, 0.15) is 0 Å². The maximum absolute atomic E-state index is 2.31. The first-order chi connectivity index (χ1) is 4.86. The molecule has 2 rings (SSSR count). The fourth-order valence-electron chi connectivity index (χ4n) is 1.33. The lowest BCUT2D eigenvalue weighted by Crippen LogP contribution is -1.97. The molecule has 0 radical (unpaired) electrons. The molecule has 1 unspecified atom stereocenters. The van der Waals surface area contributed by atoms with Crippen molar-refractivity contribution in [1.29, 1.82) is 0 Å². The van der Waals surface area contributed by atoms with E-state index in [0.717, 1.165) is 0 Å². The zero-order valence-electron chi connectivity index (χ0n) is 6.00. The first-order valence-electron chi connectivity index (χ1n) is 3.58. The van der Waals surface area contributed by atoms with E-state index < -0.39 is 0 Å². The second-order valence-corrected chi connectivity index (χ2v) is 3.76. The van der Waals surface area contributed by atoms with Crippen molar-refractivity contribution in [2.24, 2.45) is 5.92 Å². The molecule has 0 aromatic carbocycles. The van der Waals surface area contributed by atoms with Crippen LogP contribution in [0.1, 0.15) is 13.3 Å². The van der Waals surface area contributed by atoms with Crippen molar-refractivity contribution in [3.8, 4) is 0 Å². The Balaban J connectivity index is 2.29. The summed E-state index contributed by atoms with van der Waals surface area (Å²) in [7, 11) is 0. The molecule has 1 heteroatoms. The number of rotatable bonds is 0. The van der Waals surface area contributed by atoms with Gasteiger partial charge in [0, 0.05) is 5.92 Å². The summed E-state index contributed by atoms with van der Waals surface area (Å²) in [5, 5.41) is 2.20. The van der Waals surface area contributed by atoms with Crippen molar-refractivity contribution in [2.45, 2.75) is 13.3 Å². The van der Waals surface area contributed by atoms with E-state index in [1.807, 2.05) is 11.8 Å². The summed E-state index contributed by atoms with van der Waals surface area (Å²) >= 11 is 1.87. The topological polar surface area (TPSA) is 0 Å². The van der Waals surface area contributed by atoms with Gasteiger partial charge in [0.05, 0.1) is 0 Å². The van der Waals surface area contributed by atoms with Gasteiger partial charge in [-0.15, -0.1) is 11.8 Å². The number of hydrogen-bond acceptors (Lipinski definition) is 1. The van der Waals surface area contributed by atoms with Gasteiger partial charge in [-0.2, -0.15) is 0 Å². The van der Waals surface area contributed by atoms with Crippen LogP contribution < -0.4 is 0 Å². The third-order valence-corrected chi connectivity index (χ3v) is 2.93. The zero-order chi connectivity index (χ0) is 6.97. The Kier molecular flexibility index (Phi) is 1.46. The third kappa shape index (κ3) is 0.948. The van der Waals surface area contributed by atoms with E-state index in [4.69, 9.17) is 0 Å². The maximum atomic E-state index is 2.31. The third-order valence-electron chi connectivity index (χ3n) is 1.94. The van der Waals surface area contributed by atoms with Gasteiger partial charge in [0.25, 0.3) is 0 Å². The number of fused-ring (bicyclic) bond motifs is 1. The van der Waals surface area contributed by atoms with Crippen LogP contribution in [-0.2, 0) is 0 Å². The lowest BCUT2D eigenvalue weighted by Gasteiger charge is -2.12. The van der Waals surface area contributed by atoms with Gasteiger partial charge in [-0.25, -0.2) is 0 Å². The summed E-state index contributed by atoms with van der Waals surface area (Å²) in [6.45, 7) is 2.17. The van der Waals surface area contributed by atoms with E-state index in [-0.39, 0.29) is 0 Å². The lowest BCUT2D eigenvalue weighted by atomic mass is 9.97. The monoisotopic (exact) mass is 150 g/mol. The molecule has 0 nitrogen and oxygen atoms in total. The molecular weight excluding hydrogens is 140 g/mol. The van der Waals surface area contributed by atoms with E-state index >= 15 is 0 Å². The predicted octanol–water partition coefficient (Wildman–Crippen LogP) is 3.10. The number of allylic oxidation sites excluding steroid dienone is 5. The van der Waals surface area contributed by atoms with Crippen molar-refractivity contribution in [3.63, 3.8) is 0 Å². The van der Waals surface area contributed by atoms with Crippen LogP contribution in [0.2, 0.25) is 0 Å². The highest BCUT2D eigenvalue weighted by atomic mass is 32.2. The van der Waals surface area contributed by atoms with Crippen molar-refractivity contribution < 1.29 is 0 Å². The molecule has 0 saturated heterocycles. The molecule has 1 aliphatic carbocycles. The summed E-state index contributed by atoms with van der Waals surface area (Å²) in [5.41, 5.74) is 1.42. The van der Waals surface area contributed by atoms with Gasteiger partial charge in [0.15, 0.2) is 0 Å². The predicted molar refractivity (Wildman–Crippen MR) is 46.7 cm³/mol. The van der Waals surface area contributed by atoms with Crippen molar-refractivity contribution in [1.82, 2.24) is 0 Å². The highest BCUT2D eigenvalue weighted by Crippen LogP contribution is 2.39. The van der Waals surface area contributed by atoms with Crippen molar-refractivity contribution >= 4 is 11.8 Å². The molecule has 0 saturated carbocycles. The normalized spacial score (nSPS) is 29.5. The molecule has 10 heavy (non-hydrogen) atoms. The van der Waals surface area contributed by atoms with Crippen LogP contribution in [0.15, 0.2) is 34.1 Å². The van der Waals surface area contributed by atoms with Crippen molar-refractivity contribution in [3.05, 3.63) is 34.1 Å². The average Bonchev–Trinajstić information content (AvgIpc) is 2.33. The number of thioether (sulfide) groups is 1. The summed E-state index contributed by atoms with van der Waals surface area (Å²) in [6, 6.07) is 0. The van der Waals surface area contributed by atoms with Crippen LogP contribution in [0, 0.1) is 5.92 Å². The van der Waals surface area contributed by atoms with Crippen LogP contribution >= 0.6 is 11.8 Å². The first-order valence-corrected chi connectivity index (χ1v) is 4.46. The Hall–Kier alpha value is -0.430. The van der Waals surface area contributed by atoms with Gasteiger partial charge in [-0.3, -0.25) is 0 Å². The van der Waals surface area contributed by atoms with Crippen LogP contribution in [0.3, 0.4) is 0 Å². The summed E-state index contributed by atoms with van der Waals surface area (Å²) in [5.74, 6) is 0.716. The van der Waals surface area contributed by atoms with Gasteiger partial charge >= 0.3 is 0 Å². The van der Waals surface area contributed by atoms with Gasteiger partial charge in [-0.05, 0) is 29.7 Å². The Morgan fingerprint density at radius 3 is 3.40 bits per heavy atom. The molecule has 0 spiro atoms. The summed E-state index contributed by atoms with van der Waals surface area (Å²) in [6.07, 6.45) is 8.10. The minimum Gasteiger partial charge on any atom is -0.102 e.